The van der Waals surface area contributed by atoms with Gasteiger partial charge in [0.2, 0.25) is 0 Å². The molecule has 1 aromatic heterocycles. The Balaban J connectivity index is 2.44. The standard InChI is InChI=1S/C8H9NO2/c9-5-3-7(10)6-1-2-11-8(6)4-5/h1-2,5H,3-4,9H2. The molecule has 2 rings (SSSR count). The van der Waals surface area contributed by atoms with E-state index >= 15 is 0 Å². The van der Waals surface area contributed by atoms with Crippen molar-refractivity contribution in [3.05, 3.63) is 23.7 Å². The minimum atomic E-state index is -0.0545. The second-order valence-corrected chi connectivity index (χ2v) is 2.85. The third-order valence-electron chi connectivity index (χ3n) is 1.94. The highest BCUT2D eigenvalue weighted by atomic mass is 16.3. The zero-order chi connectivity index (χ0) is 7.84. The second-order valence-electron chi connectivity index (χ2n) is 2.85. The average molecular weight is 151 g/mol. The second kappa shape index (κ2) is 2.20. The Hall–Kier alpha value is -1.09. The van der Waals surface area contributed by atoms with Crippen LogP contribution in [0.15, 0.2) is 16.7 Å². The number of fused-ring (bicyclic) bond motifs is 1. The van der Waals surface area contributed by atoms with Crippen LogP contribution in [-0.2, 0) is 6.42 Å². The van der Waals surface area contributed by atoms with E-state index in [4.69, 9.17) is 10.2 Å². The van der Waals surface area contributed by atoms with Gasteiger partial charge in [-0.1, -0.05) is 0 Å². The molecule has 0 amide bonds. The minimum Gasteiger partial charge on any atom is -0.469 e. The lowest BCUT2D eigenvalue weighted by Crippen LogP contribution is -2.30. The largest absolute Gasteiger partial charge is 0.469 e. The predicted molar refractivity (Wildman–Crippen MR) is 39.3 cm³/mol. The van der Waals surface area contributed by atoms with Crippen LogP contribution < -0.4 is 5.73 Å². The van der Waals surface area contributed by atoms with Crippen LogP contribution in [0.25, 0.3) is 0 Å². The third kappa shape index (κ3) is 0.973. The summed E-state index contributed by atoms with van der Waals surface area (Å²) in [7, 11) is 0. The Morgan fingerprint density at radius 2 is 2.36 bits per heavy atom. The highest BCUT2D eigenvalue weighted by Gasteiger charge is 2.24. The van der Waals surface area contributed by atoms with E-state index in [9.17, 15) is 4.79 Å². The molecule has 0 spiro atoms. The fourth-order valence-electron chi connectivity index (χ4n) is 1.41. The first-order valence-corrected chi connectivity index (χ1v) is 3.62. The van der Waals surface area contributed by atoms with E-state index in [-0.39, 0.29) is 11.8 Å². The summed E-state index contributed by atoms with van der Waals surface area (Å²) < 4.78 is 5.10. The number of hydrogen-bond donors (Lipinski definition) is 1. The summed E-state index contributed by atoms with van der Waals surface area (Å²) in [6.45, 7) is 0. The van der Waals surface area contributed by atoms with Crippen LogP contribution in [0.3, 0.4) is 0 Å². The first-order valence-electron chi connectivity index (χ1n) is 3.62. The van der Waals surface area contributed by atoms with Gasteiger partial charge >= 0.3 is 0 Å². The van der Waals surface area contributed by atoms with E-state index in [1.807, 2.05) is 0 Å². The molecule has 0 aliphatic heterocycles. The molecule has 1 aliphatic carbocycles. The maximum absolute atomic E-state index is 11.2. The molecule has 1 aliphatic rings. The molecule has 0 radical (unpaired) electrons. The topological polar surface area (TPSA) is 56.2 Å². The third-order valence-corrected chi connectivity index (χ3v) is 1.94. The van der Waals surface area contributed by atoms with Crippen molar-refractivity contribution in [2.75, 3.05) is 0 Å². The predicted octanol–water partition coefficient (Wildman–Crippen LogP) is 0.736. The van der Waals surface area contributed by atoms with Crippen molar-refractivity contribution in [2.45, 2.75) is 18.9 Å². The molecule has 0 saturated heterocycles. The SMILES string of the molecule is NC1CC(=O)c2ccoc2C1. The fraction of sp³-hybridized carbons (Fsp3) is 0.375. The molecule has 11 heavy (non-hydrogen) atoms. The van der Waals surface area contributed by atoms with Crippen LogP contribution in [0, 0.1) is 0 Å². The molecule has 1 unspecified atom stereocenters. The van der Waals surface area contributed by atoms with Crippen molar-refractivity contribution in [3.63, 3.8) is 0 Å². The maximum atomic E-state index is 11.2. The monoisotopic (exact) mass is 151 g/mol. The van der Waals surface area contributed by atoms with Gasteiger partial charge < -0.3 is 10.2 Å². The summed E-state index contributed by atoms with van der Waals surface area (Å²) >= 11 is 0. The zero-order valence-electron chi connectivity index (χ0n) is 6.04. The molecular formula is C8H9NO2. The minimum absolute atomic E-state index is 0.0545. The van der Waals surface area contributed by atoms with Crippen LogP contribution >= 0.6 is 0 Å². The summed E-state index contributed by atoms with van der Waals surface area (Å²) in [5, 5.41) is 0. The Bertz CT molecular complexity index is 290. The van der Waals surface area contributed by atoms with Gasteiger partial charge in [0.15, 0.2) is 5.78 Å². The van der Waals surface area contributed by atoms with Crippen molar-refractivity contribution < 1.29 is 9.21 Å². The molecule has 0 bridgehead atoms. The lowest BCUT2D eigenvalue weighted by molar-refractivity contribution is 0.0962. The van der Waals surface area contributed by atoms with Crippen molar-refractivity contribution in [1.29, 1.82) is 0 Å². The van der Waals surface area contributed by atoms with Gasteiger partial charge in [-0.2, -0.15) is 0 Å². The van der Waals surface area contributed by atoms with Crippen LogP contribution in [0.4, 0.5) is 0 Å². The first-order chi connectivity index (χ1) is 5.27. The maximum Gasteiger partial charge on any atom is 0.167 e. The summed E-state index contributed by atoms with van der Waals surface area (Å²) in [4.78, 5) is 11.2. The quantitative estimate of drug-likeness (QED) is 0.594. The Morgan fingerprint density at radius 3 is 3.18 bits per heavy atom. The summed E-state index contributed by atoms with van der Waals surface area (Å²) in [5.74, 6) is 0.848. The number of carbonyl (C=O) groups is 1. The lowest BCUT2D eigenvalue weighted by Gasteiger charge is -2.14. The Kier molecular flexibility index (Phi) is 1.32. The summed E-state index contributed by atoms with van der Waals surface area (Å²) in [6.07, 6.45) is 2.68. The molecule has 3 heteroatoms. The van der Waals surface area contributed by atoms with Gasteiger partial charge in [0.25, 0.3) is 0 Å². The number of ketones is 1. The van der Waals surface area contributed by atoms with Crippen molar-refractivity contribution in [2.24, 2.45) is 5.73 Å². The van der Waals surface area contributed by atoms with Gasteiger partial charge in [-0.05, 0) is 6.07 Å². The van der Waals surface area contributed by atoms with Crippen LogP contribution in [0.2, 0.25) is 0 Å². The Morgan fingerprint density at radius 1 is 1.55 bits per heavy atom. The average Bonchev–Trinajstić information content (AvgIpc) is 2.34. The van der Waals surface area contributed by atoms with E-state index in [1.165, 1.54) is 0 Å². The van der Waals surface area contributed by atoms with Gasteiger partial charge in [-0.15, -0.1) is 0 Å². The smallest absolute Gasteiger partial charge is 0.167 e. The van der Waals surface area contributed by atoms with E-state index in [0.717, 1.165) is 5.76 Å². The highest BCUT2D eigenvalue weighted by Crippen LogP contribution is 2.20. The van der Waals surface area contributed by atoms with Gasteiger partial charge in [-0.25, -0.2) is 0 Å². The highest BCUT2D eigenvalue weighted by molar-refractivity contribution is 5.98. The van der Waals surface area contributed by atoms with E-state index in [0.29, 0.717) is 18.4 Å². The zero-order valence-corrected chi connectivity index (χ0v) is 6.04. The van der Waals surface area contributed by atoms with Gasteiger partial charge in [-0.3, -0.25) is 4.79 Å². The molecule has 58 valence electrons. The van der Waals surface area contributed by atoms with Gasteiger partial charge in [0, 0.05) is 18.9 Å². The fourth-order valence-corrected chi connectivity index (χ4v) is 1.41. The van der Waals surface area contributed by atoms with Crippen molar-refractivity contribution in [3.8, 4) is 0 Å². The number of furan rings is 1. The van der Waals surface area contributed by atoms with Crippen LogP contribution in [0.5, 0.6) is 0 Å². The van der Waals surface area contributed by atoms with Crippen LogP contribution in [-0.4, -0.2) is 11.8 Å². The molecular weight excluding hydrogens is 142 g/mol. The van der Waals surface area contributed by atoms with E-state index in [2.05, 4.69) is 0 Å². The molecule has 0 saturated carbocycles. The van der Waals surface area contributed by atoms with E-state index < -0.39 is 0 Å². The lowest BCUT2D eigenvalue weighted by atomic mass is 9.94. The first kappa shape index (κ1) is 6.61. The molecule has 2 N–H and O–H groups in total. The Labute approximate surface area is 64.2 Å². The number of nitrogens with two attached hydrogens (primary N) is 1. The molecule has 1 aromatic rings. The molecule has 1 atom stereocenters. The van der Waals surface area contributed by atoms with Crippen LogP contribution in [0.1, 0.15) is 22.5 Å². The van der Waals surface area contributed by atoms with Crippen molar-refractivity contribution >= 4 is 5.78 Å². The summed E-state index contributed by atoms with van der Waals surface area (Å²) in [5.41, 5.74) is 6.33. The number of hydrogen-bond acceptors (Lipinski definition) is 3. The number of Topliss-reactive ketones (excluding diaryl/α,β-unsaturated/α-hetero) is 1. The molecule has 0 aromatic carbocycles. The normalized spacial score (nSPS) is 23.4. The molecule has 0 fully saturated rings. The van der Waals surface area contributed by atoms with Crippen molar-refractivity contribution in [1.82, 2.24) is 0 Å². The van der Waals surface area contributed by atoms with Gasteiger partial charge in [0.05, 0.1) is 11.8 Å². The number of carbonyl (C=O) groups excluding carboxylic acids is 1. The van der Waals surface area contributed by atoms with Gasteiger partial charge in [0.1, 0.15) is 5.76 Å². The van der Waals surface area contributed by atoms with E-state index in [1.54, 1.807) is 12.3 Å². The molecule has 3 nitrogen and oxygen atoms in total. The molecule has 1 heterocycles. The number of rotatable bonds is 0. The summed E-state index contributed by atoms with van der Waals surface area (Å²) in [6, 6.07) is 1.66.